The van der Waals surface area contributed by atoms with Gasteiger partial charge in [-0.1, -0.05) is 25.5 Å². The Morgan fingerprint density at radius 1 is 1.27 bits per heavy atom. The Kier molecular flexibility index (Phi) is 6.36. The van der Waals surface area contributed by atoms with Crippen LogP contribution in [0.2, 0.25) is 0 Å². The lowest BCUT2D eigenvalue weighted by Crippen LogP contribution is -1.98. The summed E-state index contributed by atoms with van der Waals surface area (Å²) in [6.45, 7) is 1.99. The normalized spacial score (nSPS) is 12.9. The van der Waals surface area contributed by atoms with Crippen LogP contribution in [0.5, 0.6) is 0 Å². The molecule has 0 amide bonds. The number of halogens is 3. The maximum absolute atomic E-state index is 13.1. The monoisotopic (exact) mass is 356 g/mol. The minimum atomic E-state index is -4.92. The van der Waals surface area contributed by atoms with Gasteiger partial charge in [-0.3, -0.25) is 4.55 Å². The molecule has 124 valence electrons. The van der Waals surface area contributed by atoms with Crippen molar-refractivity contribution in [1.82, 2.24) is 0 Å². The van der Waals surface area contributed by atoms with Gasteiger partial charge in [0.05, 0.1) is 10.5 Å². The Balaban J connectivity index is 0.000000422. The van der Waals surface area contributed by atoms with Crippen LogP contribution in [-0.4, -0.2) is 17.5 Å². The van der Waals surface area contributed by atoms with Gasteiger partial charge in [0.25, 0.3) is 0 Å². The van der Waals surface area contributed by atoms with E-state index in [-0.39, 0.29) is 0 Å². The topological polar surface area (TPSA) is 77.4 Å². The lowest BCUT2D eigenvalue weighted by molar-refractivity contribution is -0.0867. The van der Waals surface area contributed by atoms with Crippen LogP contribution >= 0.6 is 10.5 Å². The van der Waals surface area contributed by atoms with E-state index in [1.807, 2.05) is 6.92 Å². The highest BCUT2D eigenvalue weighted by atomic mass is 32.3. The number of fused-ring (bicyclic) bond motifs is 1. The van der Waals surface area contributed by atoms with Crippen molar-refractivity contribution in [1.29, 1.82) is 0 Å². The van der Waals surface area contributed by atoms with E-state index in [2.05, 4.69) is 0 Å². The fraction of sp³-hybridized carbons (Fsp3) is 0.385. The average molecular weight is 356 g/mol. The molecular formula is C13H15F3O4S2. The zero-order valence-corrected chi connectivity index (χ0v) is 13.3. The van der Waals surface area contributed by atoms with Crippen molar-refractivity contribution in [2.45, 2.75) is 31.7 Å². The fourth-order valence-corrected chi connectivity index (χ4v) is 3.96. The minimum Gasteiger partial charge on any atom is -0.726 e. The fourth-order valence-electron chi connectivity index (χ4n) is 1.96. The third-order valence-corrected chi connectivity index (χ3v) is 4.85. The molecule has 0 aliphatic heterocycles. The summed E-state index contributed by atoms with van der Waals surface area (Å²) >= 11 is 0. The van der Waals surface area contributed by atoms with E-state index in [4.69, 9.17) is 17.5 Å². The molecule has 0 saturated heterocycles. The Labute approximate surface area is 129 Å². The van der Waals surface area contributed by atoms with Crippen LogP contribution in [0.15, 0.2) is 30.3 Å². The van der Waals surface area contributed by atoms with Gasteiger partial charge in [0.15, 0.2) is 9.58 Å². The van der Waals surface area contributed by atoms with E-state index in [1.165, 1.54) is 0 Å². The van der Waals surface area contributed by atoms with E-state index in [9.17, 15) is 13.2 Å². The van der Waals surface area contributed by atoms with Crippen LogP contribution in [0.4, 0.5) is 13.2 Å². The summed E-state index contributed by atoms with van der Waals surface area (Å²) in [6, 6.07) is 8.56. The Morgan fingerprint density at radius 3 is 2.32 bits per heavy atom. The molecule has 0 fully saturated rings. The Bertz CT molecular complexity index is 712. The third kappa shape index (κ3) is 5.91. The van der Waals surface area contributed by atoms with Crippen molar-refractivity contribution in [3.63, 3.8) is 0 Å². The highest BCUT2D eigenvalue weighted by Gasteiger charge is 2.47. The molecule has 1 atom stereocenters. The lowest BCUT2D eigenvalue weighted by Gasteiger charge is -1.99. The van der Waals surface area contributed by atoms with Crippen LogP contribution in [0.3, 0.4) is 0 Å². The van der Waals surface area contributed by atoms with Crippen LogP contribution in [0.25, 0.3) is 10.1 Å². The highest BCUT2D eigenvalue weighted by molar-refractivity contribution is 7.79. The molecular weight excluding hydrogens is 341 g/mol. The molecule has 0 bridgehead atoms. The summed E-state index contributed by atoms with van der Waals surface area (Å²) in [5.41, 5.74) is -4.15. The molecule has 0 aliphatic carbocycles. The van der Waals surface area contributed by atoms with Crippen molar-refractivity contribution >= 4 is 31.0 Å². The molecule has 0 spiro atoms. The Morgan fingerprint density at radius 2 is 1.82 bits per heavy atom. The maximum atomic E-state index is 13.1. The van der Waals surface area contributed by atoms with Gasteiger partial charge in [0, 0.05) is 17.9 Å². The second kappa shape index (κ2) is 7.40. The number of aryl methyl sites for hydroxylation is 1. The van der Waals surface area contributed by atoms with Crippen LogP contribution < -0.4 is 0 Å². The van der Waals surface area contributed by atoms with Gasteiger partial charge in [-0.2, -0.15) is 0 Å². The van der Waals surface area contributed by atoms with E-state index in [0.29, 0.717) is 16.0 Å². The van der Waals surface area contributed by atoms with Crippen molar-refractivity contribution in [3.8, 4) is 0 Å². The number of unbranched alkanes of at least 4 members (excludes halogenated alkanes) is 1. The summed E-state index contributed by atoms with van der Waals surface area (Å²) in [4.78, 5) is 0.542. The largest absolute Gasteiger partial charge is 0.726 e. The van der Waals surface area contributed by atoms with Crippen LogP contribution in [0, 0.1) is 0 Å². The number of hydrogen-bond acceptors (Lipinski definition) is 3. The van der Waals surface area contributed by atoms with E-state index in [0.717, 1.165) is 18.2 Å². The van der Waals surface area contributed by atoms with E-state index in [1.54, 1.807) is 30.3 Å². The molecule has 0 aliphatic rings. The third-order valence-electron chi connectivity index (χ3n) is 2.73. The van der Waals surface area contributed by atoms with Crippen LogP contribution in [0.1, 0.15) is 24.6 Å². The van der Waals surface area contributed by atoms with Crippen LogP contribution in [-0.2, 0) is 22.3 Å². The van der Waals surface area contributed by atoms with Gasteiger partial charge in [-0.25, -0.2) is 8.42 Å². The molecule has 4 nitrogen and oxygen atoms in total. The molecule has 1 heterocycles. The quantitative estimate of drug-likeness (QED) is 0.502. The second-order valence-corrected chi connectivity index (χ2v) is 7.33. The molecule has 22 heavy (non-hydrogen) atoms. The summed E-state index contributed by atoms with van der Waals surface area (Å²) in [7, 11) is -6.61. The maximum Gasteiger partial charge on any atom is 0.600 e. The summed E-state index contributed by atoms with van der Waals surface area (Å²) < 4.78 is 72.5. The van der Waals surface area contributed by atoms with E-state index >= 15 is 0 Å². The standard InChI is InChI=1S/C13H14F3S.H2O4S/c1-2-3-7-11-9-10-6-4-5-8-12(10)17(11)13(14,15)16;1-5(2,3)4/h4-6,8-9H,2-3,7H2,1H3;(H2,1,2,3,4)/q+1;/p-1. The first-order valence-electron chi connectivity index (χ1n) is 6.33. The second-order valence-electron chi connectivity index (χ2n) is 4.43. The predicted molar refractivity (Wildman–Crippen MR) is 78.7 cm³/mol. The number of benzene rings is 1. The van der Waals surface area contributed by atoms with Crippen molar-refractivity contribution < 1.29 is 30.7 Å². The molecule has 2 aromatic rings. The Hall–Kier alpha value is -1.16. The van der Waals surface area contributed by atoms with Gasteiger partial charge < -0.3 is 4.55 Å². The molecule has 1 unspecified atom stereocenters. The van der Waals surface area contributed by atoms with Gasteiger partial charge in [-0.15, -0.1) is 13.2 Å². The first-order chi connectivity index (χ1) is 10.0. The smallest absolute Gasteiger partial charge is 0.600 e. The summed E-state index contributed by atoms with van der Waals surface area (Å²) in [5, 5.41) is 0.735. The zero-order chi connectivity index (χ0) is 17.0. The lowest BCUT2D eigenvalue weighted by atomic mass is 10.2. The first-order valence-corrected chi connectivity index (χ1v) is 8.92. The molecule has 0 saturated carbocycles. The van der Waals surface area contributed by atoms with Crippen molar-refractivity contribution in [2.75, 3.05) is 0 Å². The van der Waals surface area contributed by atoms with Gasteiger partial charge in [0.1, 0.15) is 0 Å². The number of alkyl halides is 3. The van der Waals surface area contributed by atoms with E-state index < -0.39 is 26.4 Å². The zero-order valence-electron chi connectivity index (χ0n) is 11.6. The predicted octanol–water partition coefficient (Wildman–Crippen LogP) is 4.41. The number of hydrogen-bond donors (Lipinski definition) is 1. The van der Waals surface area contributed by atoms with Gasteiger partial charge in [0.2, 0.25) is 10.4 Å². The number of rotatable bonds is 3. The first kappa shape index (κ1) is 18.9. The van der Waals surface area contributed by atoms with Gasteiger partial charge in [-0.05, 0) is 18.6 Å². The highest BCUT2D eigenvalue weighted by Crippen LogP contribution is 2.51. The molecule has 9 heteroatoms. The van der Waals surface area contributed by atoms with Crippen molar-refractivity contribution in [2.24, 2.45) is 0 Å². The number of thiophene rings is 1. The molecule has 1 aromatic heterocycles. The van der Waals surface area contributed by atoms with Gasteiger partial charge >= 0.3 is 5.51 Å². The average Bonchev–Trinajstić information content (AvgIpc) is 2.72. The SMILES string of the molecule is CCCCc1cc2ccccc2[s+]1C(F)(F)F.O=S(=O)([O-])O. The molecule has 0 radical (unpaired) electrons. The molecule has 1 N–H and O–H groups in total. The molecule has 2 rings (SSSR count). The minimum absolute atomic E-state index is 0.436. The van der Waals surface area contributed by atoms with Crippen molar-refractivity contribution in [3.05, 3.63) is 35.2 Å². The molecule has 1 aromatic carbocycles. The summed E-state index contributed by atoms with van der Waals surface area (Å²) in [6.07, 6.45) is 2.29. The summed E-state index contributed by atoms with van der Waals surface area (Å²) in [5.74, 6) is 0.